The van der Waals surface area contributed by atoms with Gasteiger partial charge in [-0.1, -0.05) is 11.2 Å². The summed E-state index contributed by atoms with van der Waals surface area (Å²) < 4.78 is 10.5. The van der Waals surface area contributed by atoms with Crippen molar-refractivity contribution in [3.63, 3.8) is 0 Å². The van der Waals surface area contributed by atoms with Crippen LogP contribution in [0.15, 0.2) is 41.4 Å². The van der Waals surface area contributed by atoms with Crippen LogP contribution >= 0.6 is 0 Å². The molecule has 3 heterocycles. The lowest BCUT2D eigenvalue weighted by atomic mass is 9.95. The van der Waals surface area contributed by atoms with Gasteiger partial charge >= 0.3 is 0 Å². The minimum absolute atomic E-state index is 0.0596. The number of hydrogen-bond donors (Lipinski definition) is 0. The van der Waals surface area contributed by atoms with E-state index in [0.29, 0.717) is 13.2 Å². The third-order valence-corrected chi connectivity index (χ3v) is 3.69. The summed E-state index contributed by atoms with van der Waals surface area (Å²) in [5.41, 5.74) is 1.69. The highest BCUT2D eigenvalue weighted by Crippen LogP contribution is 2.35. The number of rotatable bonds is 4. The van der Waals surface area contributed by atoms with Crippen LogP contribution in [0, 0.1) is 5.92 Å². The van der Waals surface area contributed by atoms with Gasteiger partial charge in [0.1, 0.15) is 12.0 Å². The molecule has 3 rings (SSSR count). The van der Waals surface area contributed by atoms with Crippen molar-refractivity contribution in [2.45, 2.75) is 19.1 Å². The van der Waals surface area contributed by atoms with Gasteiger partial charge in [0.05, 0.1) is 18.6 Å². The molecule has 110 valence electrons. The summed E-state index contributed by atoms with van der Waals surface area (Å²) in [4.78, 5) is 18.4. The van der Waals surface area contributed by atoms with E-state index in [-0.39, 0.29) is 17.9 Å². The molecule has 0 spiro atoms. The number of carbonyl (C=O) groups is 1. The van der Waals surface area contributed by atoms with E-state index in [1.807, 2.05) is 12.1 Å². The minimum atomic E-state index is -0.217. The lowest BCUT2D eigenvalue weighted by molar-refractivity contribution is -0.136. The largest absolute Gasteiger partial charge is 0.373 e. The molecule has 1 aliphatic heterocycles. The van der Waals surface area contributed by atoms with Crippen LogP contribution in [0.25, 0.3) is 0 Å². The van der Waals surface area contributed by atoms with Crippen LogP contribution < -0.4 is 0 Å². The van der Waals surface area contributed by atoms with Gasteiger partial charge in [-0.15, -0.1) is 0 Å². The van der Waals surface area contributed by atoms with Crippen molar-refractivity contribution in [1.29, 1.82) is 0 Å². The highest BCUT2D eigenvalue weighted by atomic mass is 16.5. The molecular weight excluding hydrogens is 270 g/mol. The molecule has 6 nitrogen and oxygen atoms in total. The third-order valence-electron chi connectivity index (χ3n) is 3.69. The van der Waals surface area contributed by atoms with Gasteiger partial charge in [-0.3, -0.25) is 9.78 Å². The van der Waals surface area contributed by atoms with E-state index in [2.05, 4.69) is 10.1 Å². The summed E-state index contributed by atoms with van der Waals surface area (Å²) in [7, 11) is 1.77. The quantitative estimate of drug-likeness (QED) is 0.857. The van der Waals surface area contributed by atoms with Gasteiger partial charge in [-0.05, 0) is 18.1 Å². The lowest BCUT2D eigenvalue weighted by Crippen LogP contribution is -2.34. The highest BCUT2D eigenvalue weighted by Gasteiger charge is 2.36. The third kappa shape index (κ3) is 2.95. The minimum Gasteiger partial charge on any atom is -0.373 e. The number of nitrogens with zero attached hydrogens (tertiary/aromatic N) is 3. The molecule has 2 aromatic rings. The highest BCUT2D eigenvalue weighted by molar-refractivity contribution is 5.79. The van der Waals surface area contributed by atoms with Crippen LogP contribution in [0.1, 0.15) is 23.8 Å². The fourth-order valence-electron chi connectivity index (χ4n) is 2.64. The van der Waals surface area contributed by atoms with E-state index in [1.165, 1.54) is 6.26 Å². The van der Waals surface area contributed by atoms with Crippen LogP contribution in [0.3, 0.4) is 0 Å². The van der Waals surface area contributed by atoms with Crippen LogP contribution in [-0.4, -0.2) is 34.6 Å². The van der Waals surface area contributed by atoms with Crippen molar-refractivity contribution in [3.8, 4) is 0 Å². The van der Waals surface area contributed by atoms with Crippen molar-refractivity contribution in [2.24, 2.45) is 5.92 Å². The van der Waals surface area contributed by atoms with Crippen molar-refractivity contribution < 1.29 is 14.1 Å². The molecule has 0 radical (unpaired) electrons. The van der Waals surface area contributed by atoms with E-state index in [4.69, 9.17) is 9.26 Å². The van der Waals surface area contributed by atoms with Crippen LogP contribution in [0.2, 0.25) is 0 Å². The Labute approximate surface area is 122 Å². The lowest BCUT2D eigenvalue weighted by Gasteiger charge is -2.23. The maximum atomic E-state index is 12.6. The predicted molar refractivity (Wildman–Crippen MR) is 74.0 cm³/mol. The van der Waals surface area contributed by atoms with Gasteiger partial charge in [-0.25, -0.2) is 0 Å². The van der Waals surface area contributed by atoms with Gasteiger partial charge in [-0.2, -0.15) is 0 Å². The molecule has 0 saturated carbocycles. The fourth-order valence-corrected chi connectivity index (χ4v) is 2.64. The molecule has 2 atom stereocenters. The Balaban J connectivity index is 1.71. The average molecular weight is 287 g/mol. The zero-order valence-corrected chi connectivity index (χ0v) is 11.8. The zero-order chi connectivity index (χ0) is 14.7. The Morgan fingerprint density at radius 1 is 1.48 bits per heavy atom. The smallest absolute Gasteiger partial charge is 0.228 e. The second kappa shape index (κ2) is 6.05. The summed E-state index contributed by atoms with van der Waals surface area (Å²) in [5, 5.41) is 3.83. The molecule has 1 saturated heterocycles. The maximum Gasteiger partial charge on any atom is 0.228 e. The first-order chi connectivity index (χ1) is 10.3. The topological polar surface area (TPSA) is 68.5 Å². The van der Waals surface area contributed by atoms with E-state index in [0.717, 1.165) is 17.7 Å². The summed E-state index contributed by atoms with van der Waals surface area (Å²) in [5.74, 6) is -0.115. The van der Waals surface area contributed by atoms with Crippen LogP contribution in [-0.2, 0) is 16.1 Å². The maximum absolute atomic E-state index is 12.6. The Morgan fingerprint density at radius 3 is 3.10 bits per heavy atom. The number of ether oxygens (including phenoxy) is 1. The van der Waals surface area contributed by atoms with Crippen LogP contribution in [0.5, 0.6) is 0 Å². The van der Waals surface area contributed by atoms with Gasteiger partial charge in [0.2, 0.25) is 5.91 Å². The average Bonchev–Trinajstić information content (AvgIpc) is 3.18. The first-order valence-electron chi connectivity index (χ1n) is 6.91. The second-order valence-corrected chi connectivity index (χ2v) is 5.16. The number of amides is 1. The molecule has 1 amide bonds. The fraction of sp³-hybridized carbons (Fsp3) is 0.400. The van der Waals surface area contributed by atoms with Crippen LogP contribution in [0.4, 0.5) is 0 Å². The zero-order valence-electron chi connectivity index (χ0n) is 11.8. The molecule has 0 N–H and O–H groups in total. The van der Waals surface area contributed by atoms with E-state index >= 15 is 0 Å². The SMILES string of the molecule is CN(Cc1ccon1)C(=O)[C@H]1CCO[C@@H]1c1cccnc1. The Bertz CT molecular complexity index is 585. The standard InChI is InChI=1S/C15H17N3O3/c1-18(10-12-4-8-21-17-12)15(19)13-5-7-20-14(13)11-3-2-6-16-9-11/h2-4,6,8-9,13-14H,5,7,10H2,1H3/t13-,14+/m0/s1. The molecule has 0 bridgehead atoms. The molecule has 2 aromatic heterocycles. The Morgan fingerprint density at radius 2 is 2.38 bits per heavy atom. The van der Waals surface area contributed by atoms with E-state index in [1.54, 1.807) is 30.4 Å². The van der Waals surface area contributed by atoms with Crippen molar-refractivity contribution >= 4 is 5.91 Å². The van der Waals surface area contributed by atoms with Gasteiger partial charge in [0.25, 0.3) is 0 Å². The molecule has 21 heavy (non-hydrogen) atoms. The second-order valence-electron chi connectivity index (χ2n) is 5.16. The van der Waals surface area contributed by atoms with Crippen molar-refractivity contribution in [3.05, 3.63) is 48.1 Å². The molecule has 0 unspecified atom stereocenters. The number of carbonyl (C=O) groups excluding carboxylic acids is 1. The van der Waals surface area contributed by atoms with E-state index < -0.39 is 0 Å². The molecule has 6 heteroatoms. The molecule has 1 aliphatic rings. The monoisotopic (exact) mass is 287 g/mol. The first kappa shape index (κ1) is 13.8. The number of hydrogen-bond acceptors (Lipinski definition) is 5. The summed E-state index contributed by atoms with van der Waals surface area (Å²) in [6.07, 6.45) is 5.48. The summed E-state index contributed by atoms with van der Waals surface area (Å²) in [6, 6.07) is 5.56. The van der Waals surface area contributed by atoms with Gasteiger partial charge in [0, 0.05) is 32.1 Å². The molecule has 1 fully saturated rings. The molecule has 0 aliphatic carbocycles. The summed E-state index contributed by atoms with van der Waals surface area (Å²) >= 11 is 0. The van der Waals surface area contributed by atoms with Crippen molar-refractivity contribution in [1.82, 2.24) is 15.0 Å². The normalized spacial score (nSPS) is 21.4. The Hall–Kier alpha value is -2.21. The molecule has 0 aromatic carbocycles. The first-order valence-corrected chi connectivity index (χ1v) is 6.91. The van der Waals surface area contributed by atoms with Crippen molar-refractivity contribution in [2.75, 3.05) is 13.7 Å². The molecular formula is C15H17N3O3. The van der Waals surface area contributed by atoms with E-state index in [9.17, 15) is 4.79 Å². The van der Waals surface area contributed by atoms with Gasteiger partial charge in [0.15, 0.2) is 0 Å². The Kier molecular flexibility index (Phi) is 3.96. The summed E-state index contributed by atoms with van der Waals surface area (Å²) in [6.45, 7) is 1.03. The number of aromatic nitrogens is 2. The predicted octanol–water partition coefficient (Wildman–Crippen LogP) is 1.81. The van der Waals surface area contributed by atoms with Gasteiger partial charge < -0.3 is 14.2 Å². The number of pyridine rings is 1.